The summed E-state index contributed by atoms with van der Waals surface area (Å²) in [6.45, 7) is 8.33. The minimum absolute atomic E-state index is 0.0978. The topological polar surface area (TPSA) is 21.6 Å². The molecule has 0 saturated heterocycles. The molecule has 2 nitrogen and oxygen atoms in total. The minimum Gasteiger partial charge on any atom is -0.366 e. The van der Waals surface area contributed by atoms with Crippen molar-refractivity contribution in [1.29, 1.82) is 0 Å². The number of thioether (sulfide) groups is 1. The van der Waals surface area contributed by atoms with Crippen LogP contribution in [0.5, 0.6) is 0 Å². The molecule has 0 bridgehead atoms. The van der Waals surface area contributed by atoms with Gasteiger partial charge in [0, 0.05) is 5.70 Å². The van der Waals surface area contributed by atoms with Crippen molar-refractivity contribution in [3.63, 3.8) is 0 Å². The predicted molar refractivity (Wildman–Crippen MR) is 68.6 cm³/mol. The van der Waals surface area contributed by atoms with Crippen LogP contribution in [0.15, 0.2) is 16.8 Å². The molecule has 86 valence electrons. The molecule has 0 fully saturated rings. The fourth-order valence-electron chi connectivity index (χ4n) is 1.57. The van der Waals surface area contributed by atoms with Crippen molar-refractivity contribution < 1.29 is 4.74 Å². The van der Waals surface area contributed by atoms with Crippen LogP contribution in [0.3, 0.4) is 0 Å². The second-order valence-corrected chi connectivity index (χ2v) is 5.62. The largest absolute Gasteiger partial charge is 0.366 e. The van der Waals surface area contributed by atoms with Crippen LogP contribution in [0.1, 0.15) is 40.5 Å². The van der Waals surface area contributed by atoms with Gasteiger partial charge >= 0.3 is 0 Å². The SMILES string of the molecule is CSC1=NC(C)=CCCC1OC(C)(C)C. The molecule has 1 atom stereocenters. The normalized spacial score (nSPS) is 23.1. The van der Waals surface area contributed by atoms with E-state index in [1.807, 2.05) is 0 Å². The van der Waals surface area contributed by atoms with Gasteiger partial charge in [-0.1, -0.05) is 6.08 Å². The maximum atomic E-state index is 6.03. The highest BCUT2D eigenvalue weighted by Gasteiger charge is 2.23. The van der Waals surface area contributed by atoms with Crippen molar-refractivity contribution in [2.24, 2.45) is 4.99 Å². The highest BCUT2D eigenvalue weighted by molar-refractivity contribution is 8.13. The van der Waals surface area contributed by atoms with Crippen LogP contribution in [-0.4, -0.2) is 23.0 Å². The summed E-state index contributed by atoms with van der Waals surface area (Å²) < 4.78 is 6.03. The Morgan fingerprint density at radius 2 is 2.13 bits per heavy atom. The first-order chi connectivity index (χ1) is 6.92. The monoisotopic (exact) mass is 227 g/mol. The van der Waals surface area contributed by atoms with Gasteiger partial charge in [-0.15, -0.1) is 11.8 Å². The first-order valence-electron chi connectivity index (χ1n) is 5.39. The lowest BCUT2D eigenvalue weighted by molar-refractivity contribution is -0.0301. The van der Waals surface area contributed by atoms with Crippen LogP contribution in [0.25, 0.3) is 0 Å². The Morgan fingerprint density at radius 3 is 2.67 bits per heavy atom. The van der Waals surface area contributed by atoms with Crippen LogP contribution in [0.2, 0.25) is 0 Å². The molecular weight excluding hydrogens is 206 g/mol. The van der Waals surface area contributed by atoms with Crippen LogP contribution >= 0.6 is 11.8 Å². The third-order valence-corrected chi connectivity index (χ3v) is 2.91. The Labute approximate surface area is 97.2 Å². The zero-order chi connectivity index (χ0) is 11.5. The van der Waals surface area contributed by atoms with Crippen LogP contribution in [-0.2, 0) is 4.74 Å². The predicted octanol–water partition coefficient (Wildman–Crippen LogP) is 3.63. The minimum atomic E-state index is -0.0978. The highest BCUT2D eigenvalue weighted by atomic mass is 32.2. The summed E-state index contributed by atoms with van der Waals surface area (Å²) in [5.41, 5.74) is 1.01. The molecule has 1 unspecified atom stereocenters. The van der Waals surface area contributed by atoms with E-state index in [0.717, 1.165) is 23.6 Å². The number of rotatable bonds is 1. The summed E-state index contributed by atoms with van der Waals surface area (Å²) in [6.07, 6.45) is 6.50. The summed E-state index contributed by atoms with van der Waals surface area (Å²) in [4.78, 5) is 4.58. The molecule has 0 saturated carbocycles. The third kappa shape index (κ3) is 4.39. The molecule has 1 aliphatic heterocycles. The molecule has 0 aliphatic carbocycles. The van der Waals surface area contributed by atoms with Crippen molar-refractivity contribution in [2.75, 3.05) is 6.26 Å². The first-order valence-corrected chi connectivity index (χ1v) is 6.62. The fraction of sp³-hybridized carbons (Fsp3) is 0.750. The Morgan fingerprint density at radius 1 is 1.47 bits per heavy atom. The van der Waals surface area contributed by atoms with E-state index >= 15 is 0 Å². The standard InChI is InChI=1S/C12H21NOS/c1-9-7-6-8-10(11(13-9)15-5)14-12(2,3)4/h7,10H,6,8H2,1-5H3. The molecule has 15 heavy (non-hydrogen) atoms. The molecule has 0 aromatic rings. The molecule has 1 heterocycles. The van der Waals surface area contributed by atoms with Gasteiger partial charge in [0.05, 0.1) is 5.60 Å². The lowest BCUT2D eigenvalue weighted by Gasteiger charge is -2.27. The molecule has 0 spiro atoms. The highest BCUT2D eigenvalue weighted by Crippen LogP contribution is 2.23. The van der Waals surface area contributed by atoms with Gasteiger partial charge in [0.25, 0.3) is 0 Å². The lowest BCUT2D eigenvalue weighted by Crippen LogP contribution is -2.31. The second kappa shape index (κ2) is 5.17. The zero-order valence-electron chi connectivity index (χ0n) is 10.3. The Kier molecular flexibility index (Phi) is 4.41. The van der Waals surface area contributed by atoms with Crippen molar-refractivity contribution >= 4 is 16.8 Å². The van der Waals surface area contributed by atoms with Crippen LogP contribution < -0.4 is 0 Å². The summed E-state index contributed by atoms with van der Waals surface area (Å²) >= 11 is 1.70. The number of nitrogens with zero attached hydrogens (tertiary/aromatic N) is 1. The van der Waals surface area contributed by atoms with E-state index in [1.54, 1.807) is 11.8 Å². The number of hydrogen-bond acceptors (Lipinski definition) is 3. The molecule has 3 heteroatoms. The molecule has 0 aromatic carbocycles. The summed E-state index contributed by atoms with van der Waals surface area (Å²) in [5.74, 6) is 0. The maximum Gasteiger partial charge on any atom is 0.107 e. The van der Waals surface area contributed by atoms with Crippen LogP contribution in [0.4, 0.5) is 0 Å². The summed E-state index contributed by atoms with van der Waals surface area (Å²) in [6, 6.07) is 0. The number of hydrogen-bond donors (Lipinski definition) is 0. The van der Waals surface area contributed by atoms with Gasteiger partial charge in [-0.05, 0) is 46.8 Å². The van der Waals surface area contributed by atoms with Crippen LogP contribution in [0, 0.1) is 0 Å². The summed E-state index contributed by atoms with van der Waals surface area (Å²) in [5, 5.41) is 1.11. The zero-order valence-corrected chi connectivity index (χ0v) is 11.1. The smallest absolute Gasteiger partial charge is 0.107 e. The number of aliphatic imine (C=N–C) groups is 1. The van der Waals surface area contributed by atoms with Crippen molar-refractivity contribution in [3.8, 4) is 0 Å². The van der Waals surface area contributed by atoms with Crippen molar-refractivity contribution in [1.82, 2.24) is 0 Å². The fourth-order valence-corrected chi connectivity index (χ4v) is 2.24. The third-order valence-electron chi connectivity index (χ3n) is 2.14. The van der Waals surface area contributed by atoms with E-state index in [4.69, 9.17) is 4.74 Å². The Hall–Kier alpha value is -0.280. The second-order valence-electron chi connectivity index (χ2n) is 4.80. The lowest BCUT2D eigenvalue weighted by atomic mass is 10.1. The quantitative estimate of drug-likeness (QED) is 0.682. The molecule has 0 aromatic heterocycles. The average Bonchev–Trinajstić information content (AvgIpc) is 2.25. The van der Waals surface area contributed by atoms with E-state index in [9.17, 15) is 0 Å². The van der Waals surface area contributed by atoms with E-state index < -0.39 is 0 Å². The van der Waals surface area contributed by atoms with Gasteiger partial charge < -0.3 is 4.74 Å². The Bertz CT molecular complexity index is 276. The molecule has 0 amide bonds. The van der Waals surface area contributed by atoms with Gasteiger partial charge in [-0.3, -0.25) is 0 Å². The number of allylic oxidation sites excluding steroid dienone is 2. The van der Waals surface area contributed by atoms with E-state index in [1.165, 1.54) is 0 Å². The molecule has 0 radical (unpaired) electrons. The number of ether oxygens (including phenoxy) is 1. The molecule has 0 N–H and O–H groups in total. The van der Waals surface area contributed by atoms with Gasteiger partial charge in [0.1, 0.15) is 11.1 Å². The van der Waals surface area contributed by atoms with E-state index in [0.29, 0.717) is 0 Å². The average molecular weight is 227 g/mol. The molecule has 1 rings (SSSR count). The van der Waals surface area contributed by atoms with Gasteiger partial charge in [0.2, 0.25) is 0 Å². The summed E-state index contributed by atoms with van der Waals surface area (Å²) in [7, 11) is 0. The Balaban J connectivity index is 2.77. The first kappa shape index (κ1) is 12.8. The van der Waals surface area contributed by atoms with Gasteiger partial charge in [0.15, 0.2) is 0 Å². The van der Waals surface area contributed by atoms with Gasteiger partial charge in [-0.2, -0.15) is 0 Å². The van der Waals surface area contributed by atoms with E-state index in [-0.39, 0.29) is 11.7 Å². The maximum absolute atomic E-state index is 6.03. The van der Waals surface area contributed by atoms with Gasteiger partial charge in [-0.25, -0.2) is 4.99 Å². The molecule has 1 aliphatic rings. The van der Waals surface area contributed by atoms with Crippen molar-refractivity contribution in [3.05, 3.63) is 11.8 Å². The molecular formula is C12H21NOS. The van der Waals surface area contributed by atoms with Crippen molar-refractivity contribution in [2.45, 2.75) is 52.2 Å². The van der Waals surface area contributed by atoms with E-state index in [2.05, 4.69) is 45.0 Å².